The molecule has 5 nitrogen and oxygen atoms in total. The van der Waals surface area contributed by atoms with Crippen LogP contribution >= 0.6 is 0 Å². The summed E-state index contributed by atoms with van der Waals surface area (Å²) in [5, 5.41) is 11.7. The average molecular weight is 551 g/mol. The van der Waals surface area contributed by atoms with Crippen molar-refractivity contribution in [2.45, 2.75) is 24.1 Å². The number of benzene rings is 2. The number of allylic oxidation sites excluding steroid dienone is 1. The molecule has 0 bridgehead atoms. The maximum Gasteiger partial charge on any atom is 0.417 e. The van der Waals surface area contributed by atoms with Gasteiger partial charge >= 0.3 is 6.18 Å². The molecule has 2 aromatic carbocycles. The Morgan fingerprint density at radius 1 is 0.975 bits per heavy atom. The summed E-state index contributed by atoms with van der Waals surface area (Å²) in [4.78, 5) is 12.4. The smallest absolute Gasteiger partial charge is 0.373 e. The van der Waals surface area contributed by atoms with E-state index >= 15 is 8.78 Å². The van der Waals surface area contributed by atoms with E-state index in [1.54, 1.807) is 25.2 Å². The van der Waals surface area contributed by atoms with Gasteiger partial charge in [0.15, 0.2) is 5.60 Å². The standard InChI is InChI=1S/C30H23F5N4O/c1-3-14-28(31,32)27-25(19-9-5-4-6-10-19)26(30(33,34)35)21-16-20(12-13-22(21)38-27)29(40,23-11-7-8-15-37-23)24-17-36-18-39(24)2/h3-13,15-18,40H,1,14H2,2H3. The number of hydrogen-bond acceptors (Lipinski definition) is 4. The third-order valence-corrected chi connectivity index (χ3v) is 6.72. The van der Waals surface area contributed by atoms with Crippen LogP contribution in [0.25, 0.3) is 22.0 Å². The second-order valence-corrected chi connectivity index (χ2v) is 9.32. The van der Waals surface area contributed by atoms with Gasteiger partial charge in [-0.3, -0.25) is 4.98 Å². The second-order valence-electron chi connectivity index (χ2n) is 9.32. The first-order valence-corrected chi connectivity index (χ1v) is 12.2. The Morgan fingerprint density at radius 2 is 1.70 bits per heavy atom. The summed E-state index contributed by atoms with van der Waals surface area (Å²) in [6, 6.07) is 15.7. The van der Waals surface area contributed by atoms with E-state index in [-0.39, 0.29) is 28.0 Å². The number of pyridine rings is 2. The van der Waals surface area contributed by atoms with E-state index < -0.39 is 46.3 Å². The number of nitrogens with zero attached hydrogens (tertiary/aromatic N) is 4. The lowest BCUT2D eigenvalue weighted by atomic mass is 9.84. The zero-order valence-corrected chi connectivity index (χ0v) is 21.2. The number of aromatic nitrogens is 4. The molecule has 0 radical (unpaired) electrons. The number of imidazole rings is 1. The van der Waals surface area contributed by atoms with E-state index in [4.69, 9.17) is 0 Å². The Labute approximate surface area is 226 Å². The minimum atomic E-state index is -5.06. The number of rotatable bonds is 7. The maximum atomic E-state index is 15.4. The highest BCUT2D eigenvalue weighted by molar-refractivity contribution is 5.91. The summed E-state index contributed by atoms with van der Waals surface area (Å²) in [5.41, 5.74) is -5.01. The molecule has 0 amide bonds. The minimum Gasteiger partial charge on any atom is -0.373 e. The first kappa shape index (κ1) is 27.1. The fourth-order valence-corrected chi connectivity index (χ4v) is 4.92. The van der Waals surface area contributed by atoms with Gasteiger partial charge in [0, 0.05) is 30.6 Å². The summed E-state index contributed by atoms with van der Waals surface area (Å²) in [5.74, 6) is -3.73. The van der Waals surface area contributed by atoms with Crippen LogP contribution in [-0.4, -0.2) is 24.6 Å². The van der Waals surface area contributed by atoms with Gasteiger partial charge in [0.05, 0.1) is 35.0 Å². The Balaban J connectivity index is 1.91. The Bertz CT molecular complexity index is 1680. The van der Waals surface area contributed by atoms with Crippen LogP contribution in [0.2, 0.25) is 0 Å². The van der Waals surface area contributed by atoms with Crippen LogP contribution in [0.15, 0.2) is 98.1 Å². The van der Waals surface area contributed by atoms with Gasteiger partial charge in [-0.2, -0.15) is 22.0 Å². The first-order valence-electron chi connectivity index (χ1n) is 12.2. The van der Waals surface area contributed by atoms with Gasteiger partial charge in [0.1, 0.15) is 5.69 Å². The number of aliphatic hydroxyl groups is 1. The summed E-state index contributed by atoms with van der Waals surface area (Å²) in [6.45, 7) is 3.34. The van der Waals surface area contributed by atoms with Gasteiger partial charge in [-0.05, 0) is 35.4 Å². The summed E-state index contributed by atoms with van der Waals surface area (Å²) in [6.07, 6.45) is -0.745. The zero-order valence-electron chi connectivity index (χ0n) is 21.2. The molecule has 0 fully saturated rings. The zero-order chi connectivity index (χ0) is 28.7. The summed E-state index contributed by atoms with van der Waals surface area (Å²) < 4.78 is 77.0. The van der Waals surface area contributed by atoms with Crippen molar-refractivity contribution in [1.29, 1.82) is 0 Å². The van der Waals surface area contributed by atoms with Crippen LogP contribution in [0.4, 0.5) is 22.0 Å². The normalized spacial score (nSPS) is 13.8. The topological polar surface area (TPSA) is 63.8 Å². The van der Waals surface area contributed by atoms with E-state index in [0.717, 1.165) is 12.1 Å². The molecule has 0 saturated heterocycles. The van der Waals surface area contributed by atoms with Crippen molar-refractivity contribution in [3.63, 3.8) is 0 Å². The van der Waals surface area contributed by atoms with Gasteiger partial charge in [-0.15, -0.1) is 6.58 Å². The number of aryl methyl sites for hydroxylation is 1. The Kier molecular flexibility index (Phi) is 6.75. The van der Waals surface area contributed by atoms with Crippen molar-refractivity contribution in [1.82, 2.24) is 19.5 Å². The van der Waals surface area contributed by atoms with Gasteiger partial charge in [0.2, 0.25) is 0 Å². The van der Waals surface area contributed by atoms with Crippen LogP contribution in [0, 0.1) is 0 Å². The van der Waals surface area contributed by atoms with Crippen LogP contribution < -0.4 is 0 Å². The molecule has 5 aromatic rings. The monoisotopic (exact) mass is 550 g/mol. The van der Waals surface area contributed by atoms with E-state index in [1.165, 1.54) is 65.8 Å². The molecule has 3 heterocycles. The molecule has 0 aliphatic rings. The van der Waals surface area contributed by atoms with Crippen molar-refractivity contribution in [2.24, 2.45) is 7.05 Å². The summed E-state index contributed by atoms with van der Waals surface area (Å²) >= 11 is 0. The molecule has 1 N–H and O–H groups in total. The van der Waals surface area contributed by atoms with E-state index in [0.29, 0.717) is 0 Å². The largest absolute Gasteiger partial charge is 0.417 e. The molecule has 3 aromatic heterocycles. The SMILES string of the molecule is C=CCC(F)(F)c1nc2ccc(C(O)(c3ccccn3)c3cncn3C)cc2c(C(F)(F)F)c1-c1ccccc1. The fraction of sp³-hybridized carbons (Fsp3) is 0.167. The molecule has 0 aliphatic heterocycles. The van der Waals surface area contributed by atoms with Gasteiger partial charge in [-0.25, -0.2) is 9.97 Å². The number of fused-ring (bicyclic) bond motifs is 1. The molecular formula is C30H23F5N4O. The third kappa shape index (κ3) is 4.54. The maximum absolute atomic E-state index is 15.4. The lowest BCUT2D eigenvalue weighted by Crippen LogP contribution is -2.32. The summed E-state index contributed by atoms with van der Waals surface area (Å²) in [7, 11) is 1.63. The van der Waals surface area contributed by atoms with E-state index in [2.05, 4.69) is 21.5 Å². The van der Waals surface area contributed by atoms with Crippen molar-refractivity contribution in [3.8, 4) is 11.1 Å². The van der Waals surface area contributed by atoms with Crippen LogP contribution in [-0.2, 0) is 24.7 Å². The molecule has 1 unspecified atom stereocenters. The molecule has 1 atom stereocenters. The van der Waals surface area contributed by atoms with Gasteiger partial charge in [0.25, 0.3) is 5.92 Å². The van der Waals surface area contributed by atoms with Crippen molar-refractivity contribution >= 4 is 10.9 Å². The Morgan fingerprint density at radius 3 is 2.30 bits per heavy atom. The molecule has 40 heavy (non-hydrogen) atoms. The lowest BCUT2D eigenvalue weighted by molar-refractivity contribution is -0.136. The number of hydrogen-bond donors (Lipinski definition) is 1. The van der Waals surface area contributed by atoms with Gasteiger partial charge < -0.3 is 9.67 Å². The molecule has 10 heteroatoms. The highest BCUT2D eigenvalue weighted by Gasteiger charge is 2.44. The quantitative estimate of drug-likeness (QED) is 0.175. The molecule has 0 spiro atoms. The number of alkyl halides is 5. The second kappa shape index (κ2) is 9.95. The van der Waals surface area contributed by atoms with Crippen molar-refractivity contribution in [2.75, 3.05) is 0 Å². The van der Waals surface area contributed by atoms with Crippen molar-refractivity contribution in [3.05, 3.63) is 126 Å². The van der Waals surface area contributed by atoms with Crippen molar-refractivity contribution < 1.29 is 27.1 Å². The van der Waals surface area contributed by atoms with E-state index in [1.807, 2.05) is 0 Å². The molecule has 5 rings (SSSR count). The van der Waals surface area contributed by atoms with Crippen LogP contribution in [0.3, 0.4) is 0 Å². The predicted octanol–water partition coefficient (Wildman–Crippen LogP) is 7.00. The Hall–Kier alpha value is -4.44. The average Bonchev–Trinajstić information content (AvgIpc) is 3.37. The molecular weight excluding hydrogens is 527 g/mol. The van der Waals surface area contributed by atoms with Crippen LogP contribution in [0.1, 0.15) is 34.6 Å². The lowest BCUT2D eigenvalue weighted by Gasteiger charge is -2.29. The fourth-order valence-electron chi connectivity index (χ4n) is 4.92. The molecule has 0 aliphatic carbocycles. The third-order valence-electron chi connectivity index (χ3n) is 6.72. The number of halogens is 5. The molecule has 204 valence electrons. The van der Waals surface area contributed by atoms with E-state index in [9.17, 15) is 18.3 Å². The molecule has 0 saturated carbocycles. The minimum absolute atomic E-state index is 0.0270. The highest BCUT2D eigenvalue weighted by atomic mass is 19.4. The predicted molar refractivity (Wildman–Crippen MR) is 140 cm³/mol. The first-order chi connectivity index (χ1) is 19.0. The van der Waals surface area contributed by atoms with Gasteiger partial charge in [-0.1, -0.05) is 48.5 Å². The van der Waals surface area contributed by atoms with Crippen LogP contribution in [0.5, 0.6) is 0 Å². The highest BCUT2D eigenvalue weighted by Crippen LogP contribution is 2.48.